The average Bonchev–Trinajstić information content (AvgIpc) is 4.05. The van der Waals surface area contributed by atoms with Crippen LogP contribution < -0.4 is 26.2 Å². The highest BCUT2D eigenvalue weighted by Gasteiger charge is 2.52. The van der Waals surface area contributed by atoms with Crippen LogP contribution in [0.25, 0.3) is 22.3 Å². The molecule has 0 unspecified atom stereocenters. The lowest BCUT2D eigenvalue weighted by molar-refractivity contribution is 0.550. The summed E-state index contributed by atoms with van der Waals surface area (Å²) in [5.41, 5.74) is 24.1. The standard InChI is InChI=1S/C52H41BN2/c1-2-16-34(17-3-1)54-45-24-10-8-22-43(45)53-44-23-9-11-25-46(44)55(35-26-27-37-36-18-4-6-20-39(36)51(41(37)32-35)28-12-13-29-51)50-48-38-19-5-7-21-40(38)52(30-14-15-31-52)42(48)33-47(54)49(50)53/h1-11,16-27,32-33H,12-15,28-31H2. The molecule has 2 nitrogen and oxygen atoms in total. The van der Waals surface area contributed by atoms with Gasteiger partial charge in [-0.15, -0.1) is 0 Å². The predicted octanol–water partition coefficient (Wildman–Crippen LogP) is 11.5. The SMILES string of the molecule is c1ccc(N2c3ccccc3B3c4ccccc4N(c4ccc5c(c4)C4(CCCC4)c4ccccc4-5)c4c3c2cc2c4-c3ccccc3C23CCCC3)cc1. The molecule has 2 aliphatic heterocycles. The zero-order chi connectivity index (χ0) is 35.9. The van der Waals surface area contributed by atoms with Gasteiger partial charge < -0.3 is 9.80 Å². The van der Waals surface area contributed by atoms with Gasteiger partial charge in [0.05, 0.1) is 5.69 Å². The smallest absolute Gasteiger partial charge is 0.252 e. The van der Waals surface area contributed by atoms with Crippen LogP contribution in [0.2, 0.25) is 0 Å². The van der Waals surface area contributed by atoms with Gasteiger partial charge in [0.1, 0.15) is 0 Å². The molecular formula is C52H41BN2. The van der Waals surface area contributed by atoms with Crippen molar-refractivity contribution in [3.63, 3.8) is 0 Å². The molecule has 0 aromatic heterocycles. The monoisotopic (exact) mass is 704 g/mol. The first-order chi connectivity index (χ1) is 27.3. The van der Waals surface area contributed by atoms with Crippen LogP contribution in [0, 0.1) is 0 Å². The molecule has 0 N–H and O–H groups in total. The molecule has 2 fully saturated rings. The average molecular weight is 705 g/mol. The number of para-hydroxylation sites is 3. The largest absolute Gasteiger partial charge is 0.311 e. The van der Waals surface area contributed by atoms with Gasteiger partial charge in [0.25, 0.3) is 6.71 Å². The highest BCUT2D eigenvalue weighted by atomic mass is 15.2. The molecule has 0 atom stereocenters. The summed E-state index contributed by atoms with van der Waals surface area (Å²) in [6.45, 7) is 0.117. The maximum Gasteiger partial charge on any atom is 0.252 e. The Labute approximate surface area is 324 Å². The molecule has 7 aromatic rings. The van der Waals surface area contributed by atoms with Crippen molar-refractivity contribution in [1.82, 2.24) is 0 Å². The van der Waals surface area contributed by atoms with E-state index in [1.807, 2.05) is 0 Å². The highest BCUT2D eigenvalue weighted by Crippen LogP contribution is 2.63. The van der Waals surface area contributed by atoms with Crippen LogP contribution in [0.1, 0.15) is 73.6 Å². The molecule has 0 radical (unpaired) electrons. The van der Waals surface area contributed by atoms with Crippen LogP contribution in [0.4, 0.5) is 34.1 Å². The second-order valence-electron chi connectivity index (χ2n) is 17.0. The van der Waals surface area contributed by atoms with E-state index in [2.05, 4.69) is 161 Å². The van der Waals surface area contributed by atoms with E-state index >= 15 is 0 Å². The molecule has 0 saturated heterocycles. The summed E-state index contributed by atoms with van der Waals surface area (Å²) < 4.78 is 0. The van der Waals surface area contributed by atoms with Crippen molar-refractivity contribution in [2.45, 2.75) is 62.2 Å². The number of hydrogen-bond acceptors (Lipinski definition) is 2. The van der Waals surface area contributed by atoms with Gasteiger partial charge in [-0.05, 0) is 123 Å². The molecule has 2 saturated carbocycles. The lowest BCUT2D eigenvalue weighted by Crippen LogP contribution is -2.61. The normalized spacial score (nSPS) is 18.1. The van der Waals surface area contributed by atoms with E-state index in [1.165, 1.54) is 141 Å². The van der Waals surface area contributed by atoms with E-state index in [1.54, 1.807) is 5.56 Å². The maximum atomic E-state index is 2.72. The summed E-state index contributed by atoms with van der Waals surface area (Å²) in [6.07, 6.45) is 10.00. The second kappa shape index (κ2) is 10.9. The predicted molar refractivity (Wildman–Crippen MR) is 230 cm³/mol. The second-order valence-corrected chi connectivity index (χ2v) is 17.0. The fourth-order valence-electron chi connectivity index (χ4n) is 12.6. The van der Waals surface area contributed by atoms with E-state index in [0.717, 1.165) is 0 Å². The van der Waals surface area contributed by atoms with Crippen LogP contribution in [-0.2, 0) is 10.8 Å². The number of fused-ring (bicyclic) bond motifs is 15. The van der Waals surface area contributed by atoms with E-state index in [9.17, 15) is 0 Å². The van der Waals surface area contributed by atoms with Gasteiger partial charge in [-0.25, -0.2) is 0 Å². The van der Waals surface area contributed by atoms with Crippen molar-refractivity contribution in [2.24, 2.45) is 0 Å². The van der Waals surface area contributed by atoms with Crippen molar-refractivity contribution in [3.05, 3.63) is 174 Å². The highest BCUT2D eigenvalue weighted by molar-refractivity contribution is 7.00. The summed E-state index contributed by atoms with van der Waals surface area (Å²) in [5.74, 6) is 0. The third kappa shape index (κ3) is 3.77. The summed E-state index contributed by atoms with van der Waals surface area (Å²) in [5, 5.41) is 0. The minimum atomic E-state index is 0.0302. The molecule has 262 valence electrons. The molecule has 0 bridgehead atoms. The van der Waals surface area contributed by atoms with Crippen molar-refractivity contribution >= 4 is 57.2 Å². The molecule has 2 spiro atoms. The first-order valence-electron chi connectivity index (χ1n) is 20.7. The van der Waals surface area contributed by atoms with Crippen molar-refractivity contribution in [3.8, 4) is 22.3 Å². The Bertz CT molecular complexity index is 2750. The lowest BCUT2D eigenvalue weighted by atomic mass is 9.33. The van der Waals surface area contributed by atoms with E-state index in [-0.39, 0.29) is 17.5 Å². The molecule has 7 aromatic carbocycles. The Balaban J connectivity index is 1.17. The van der Waals surface area contributed by atoms with E-state index in [0.29, 0.717) is 0 Å². The van der Waals surface area contributed by atoms with Crippen LogP contribution in [-0.4, -0.2) is 6.71 Å². The van der Waals surface area contributed by atoms with Crippen molar-refractivity contribution in [1.29, 1.82) is 0 Å². The van der Waals surface area contributed by atoms with Gasteiger partial charge in [-0.1, -0.05) is 135 Å². The van der Waals surface area contributed by atoms with Crippen molar-refractivity contribution in [2.75, 3.05) is 9.80 Å². The molecule has 2 heterocycles. The van der Waals surface area contributed by atoms with Gasteiger partial charge in [-0.3, -0.25) is 0 Å². The van der Waals surface area contributed by atoms with Gasteiger partial charge >= 0.3 is 0 Å². The number of anilines is 6. The van der Waals surface area contributed by atoms with Gasteiger partial charge in [0.2, 0.25) is 0 Å². The molecule has 4 aliphatic carbocycles. The Morgan fingerprint density at radius 2 is 0.945 bits per heavy atom. The van der Waals surface area contributed by atoms with Crippen LogP contribution in [0.15, 0.2) is 152 Å². The fourth-order valence-corrected chi connectivity index (χ4v) is 12.6. The van der Waals surface area contributed by atoms with Crippen LogP contribution in [0.5, 0.6) is 0 Å². The number of benzene rings is 7. The minimum Gasteiger partial charge on any atom is -0.311 e. The van der Waals surface area contributed by atoms with Crippen LogP contribution >= 0.6 is 0 Å². The molecule has 13 rings (SSSR count). The van der Waals surface area contributed by atoms with Gasteiger partial charge in [-0.2, -0.15) is 0 Å². The molecule has 6 aliphatic rings. The first kappa shape index (κ1) is 30.5. The Morgan fingerprint density at radius 3 is 1.65 bits per heavy atom. The quantitative estimate of drug-likeness (QED) is 0.165. The Hall–Kier alpha value is -5.80. The van der Waals surface area contributed by atoms with Crippen molar-refractivity contribution < 1.29 is 0 Å². The summed E-state index contributed by atoms with van der Waals surface area (Å²) in [6, 6.07) is 58.7. The Morgan fingerprint density at radius 1 is 0.400 bits per heavy atom. The van der Waals surface area contributed by atoms with E-state index in [4.69, 9.17) is 0 Å². The molecular weight excluding hydrogens is 663 g/mol. The third-order valence-corrected chi connectivity index (χ3v) is 14.7. The van der Waals surface area contributed by atoms with E-state index < -0.39 is 0 Å². The Kier molecular flexibility index (Phi) is 6.06. The molecule has 0 amide bonds. The number of hydrogen-bond donors (Lipinski definition) is 0. The number of rotatable bonds is 2. The summed E-state index contributed by atoms with van der Waals surface area (Å²) in [7, 11) is 0. The van der Waals surface area contributed by atoms with Gasteiger partial charge in [0, 0.05) is 44.8 Å². The third-order valence-electron chi connectivity index (χ3n) is 14.7. The first-order valence-corrected chi connectivity index (χ1v) is 20.7. The molecule has 55 heavy (non-hydrogen) atoms. The van der Waals surface area contributed by atoms with Gasteiger partial charge in [0.15, 0.2) is 0 Å². The molecule has 3 heteroatoms. The van der Waals surface area contributed by atoms with Crippen LogP contribution in [0.3, 0.4) is 0 Å². The summed E-state index contributed by atoms with van der Waals surface area (Å²) in [4.78, 5) is 5.31. The fraction of sp³-hybridized carbons (Fsp3) is 0.192. The maximum absolute atomic E-state index is 2.72. The summed E-state index contributed by atoms with van der Waals surface area (Å²) >= 11 is 0. The topological polar surface area (TPSA) is 6.48 Å². The zero-order valence-corrected chi connectivity index (χ0v) is 31.1. The minimum absolute atomic E-state index is 0.0302. The number of nitrogens with zero attached hydrogens (tertiary/aromatic N) is 2. The lowest BCUT2D eigenvalue weighted by Gasteiger charge is -2.45. The zero-order valence-electron chi connectivity index (χ0n) is 31.1.